The third kappa shape index (κ3) is 4.13. The number of hydrogen-bond donors (Lipinski definition) is 3. The summed E-state index contributed by atoms with van der Waals surface area (Å²) in [6, 6.07) is 4.88. The van der Waals surface area contributed by atoms with Crippen molar-refractivity contribution in [1.29, 1.82) is 0 Å². The maximum absolute atomic E-state index is 12.2. The zero-order valence-corrected chi connectivity index (χ0v) is 11.6. The van der Waals surface area contributed by atoms with E-state index in [-0.39, 0.29) is 24.5 Å². The van der Waals surface area contributed by atoms with Crippen molar-refractivity contribution < 1.29 is 14.6 Å². The van der Waals surface area contributed by atoms with Crippen LogP contribution in [0.2, 0.25) is 0 Å². The van der Waals surface area contributed by atoms with Crippen LogP contribution in [-0.4, -0.2) is 30.8 Å². The Balaban J connectivity index is 2.87. The zero-order chi connectivity index (χ0) is 14.4. The predicted molar refractivity (Wildman–Crippen MR) is 75.2 cm³/mol. The van der Waals surface area contributed by atoms with Gasteiger partial charge in [0.05, 0.1) is 12.7 Å². The maximum Gasteiger partial charge on any atom is 0.253 e. The van der Waals surface area contributed by atoms with Crippen molar-refractivity contribution in [1.82, 2.24) is 5.32 Å². The molecule has 1 aromatic rings. The molecule has 0 fully saturated rings. The molecule has 0 heterocycles. The lowest BCUT2D eigenvalue weighted by Gasteiger charge is -2.22. The summed E-state index contributed by atoms with van der Waals surface area (Å²) >= 11 is 0. The van der Waals surface area contributed by atoms with E-state index in [9.17, 15) is 4.79 Å². The molecular weight excluding hydrogens is 244 g/mol. The lowest BCUT2D eigenvalue weighted by Crippen LogP contribution is -2.39. The Labute approximate surface area is 113 Å². The van der Waals surface area contributed by atoms with Crippen LogP contribution in [0.1, 0.15) is 30.6 Å². The summed E-state index contributed by atoms with van der Waals surface area (Å²) in [5, 5.41) is 11.9. The van der Waals surface area contributed by atoms with Crippen molar-refractivity contribution in [3.05, 3.63) is 23.8 Å². The number of aliphatic hydroxyl groups excluding tert-OH is 1. The van der Waals surface area contributed by atoms with Crippen LogP contribution in [0, 0.1) is 5.92 Å². The van der Waals surface area contributed by atoms with Gasteiger partial charge >= 0.3 is 0 Å². The second kappa shape index (κ2) is 6.99. The number of carbonyl (C=O) groups is 1. The number of ether oxygens (including phenoxy) is 1. The Morgan fingerprint density at radius 2 is 2.16 bits per heavy atom. The first-order valence-corrected chi connectivity index (χ1v) is 6.34. The number of methoxy groups -OCH3 is 1. The fourth-order valence-electron chi connectivity index (χ4n) is 1.82. The van der Waals surface area contributed by atoms with E-state index in [1.165, 1.54) is 7.11 Å². The molecule has 0 aromatic heterocycles. The minimum absolute atomic E-state index is 0.0384. The number of benzene rings is 1. The average molecular weight is 266 g/mol. The van der Waals surface area contributed by atoms with Gasteiger partial charge in [0.2, 0.25) is 0 Å². The number of carbonyl (C=O) groups excluding carboxylic acids is 1. The van der Waals surface area contributed by atoms with Crippen molar-refractivity contribution in [2.45, 2.75) is 26.3 Å². The summed E-state index contributed by atoms with van der Waals surface area (Å²) in [7, 11) is 1.54. The van der Waals surface area contributed by atoms with Gasteiger partial charge in [-0.25, -0.2) is 0 Å². The highest BCUT2D eigenvalue weighted by molar-refractivity contribution is 5.99. The van der Waals surface area contributed by atoms with Crippen LogP contribution in [-0.2, 0) is 0 Å². The number of aliphatic hydroxyl groups is 1. The van der Waals surface area contributed by atoms with E-state index in [1.54, 1.807) is 18.2 Å². The molecule has 19 heavy (non-hydrogen) atoms. The molecule has 4 N–H and O–H groups in total. The summed E-state index contributed by atoms with van der Waals surface area (Å²) in [6.45, 7) is 4.03. The van der Waals surface area contributed by atoms with E-state index >= 15 is 0 Å². The highest BCUT2D eigenvalue weighted by atomic mass is 16.5. The number of anilines is 1. The molecule has 0 radical (unpaired) electrons. The third-order valence-corrected chi connectivity index (χ3v) is 3.07. The van der Waals surface area contributed by atoms with Gasteiger partial charge in [0.15, 0.2) is 0 Å². The van der Waals surface area contributed by atoms with Crippen LogP contribution >= 0.6 is 0 Å². The first-order valence-electron chi connectivity index (χ1n) is 6.34. The van der Waals surface area contributed by atoms with Crippen LogP contribution in [0.4, 0.5) is 5.69 Å². The SMILES string of the molecule is COc1ccc(N)c(C(=O)NC(CCO)C(C)C)c1. The largest absolute Gasteiger partial charge is 0.497 e. The molecule has 0 saturated carbocycles. The van der Waals surface area contributed by atoms with E-state index in [0.717, 1.165) is 0 Å². The molecule has 1 aromatic carbocycles. The van der Waals surface area contributed by atoms with Gasteiger partial charge in [-0.05, 0) is 30.5 Å². The van der Waals surface area contributed by atoms with E-state index < -0.39 is 0 Å². The van der Waals surface area contributed by atoms with Crippen molar-refractivity contribution in [3.8, 4) is 5.75 Å². The fourth-order valence-corrected chi connectivity index (χ4v) is 1.82. The van der Waals surface area contributed by atoms with Crippen molar-refractivity contribution in [2.75, 3.05) is 19.5 Å². The van der Waals surface area contributed by atoms with Gasteiger partial charge in [0, 0.05) is 18.3 Å². The number of amides is 1. The minimum Gasteiger partial charge on any atom is -0.497 e. The Bertz CT molecular complexity index is 433. The summed E-state index contributed by atoms with van der Waals surface area (Å²) in [5.74, 6) is 0.578. The Kier molecular flexibility index (Phi) is 5.63. The molecule has 0 spiro atoms. The quantitative estimate of drug-likeness (QED) is 0.680. The van der Waals surface area contributed by atoms with E-state index in [1.807, 2.05) is 13.8 Å². The lowest BCUT2D eigenvalue weighted by atomic mass is 10.0. The van der Waals surface area contributed by atoms with Gasteiger partial charge in [-0.2, -0.15) is 0 Å². The van der Waals surface area contributed by atoms with E-state index in [2.05, 4.69) is 5.32 Å². The molecule has 1 rings (SSSR count). The minimum atomic E-state index is -0.247. The predicted octanol–water partition coefficient (Wildman–Crippen LogP) is 1.41. The molecule has 1 atom stereocenters. The molecule has 0 aliphatic rings. The molecule has 5 nitrogen and oxygen atoms in total. The molecular formula is C14H22N2O3. The van der Waals surface area contributed by atoms with Gasteiger partial charge in [0.1, 0.15) is 5.75 Å². The zero-order valence-electron chi connectivity index (χ0n) is 11.6. The highest BCUT2D eigenvalue weighted by Crippen LogP contribution is 2.20. The molecule has 0 saturated heterocycles. The molecule has 0 aliphatic heterocycles. The number of nitrogen functional groups attached to an aromatic ring is 1. The molecule has 5 heteroatoms. The molecule has 1 unspecified atom stereocenters. The number of hydrogen-bond acceptors (Lipinski definition) is 4. The van der Waals surface area contributed by atoms with E-state index in [0.29, 0.717) is 23.4 Å². The molecule has 0 aliphatic carbocycles. The first kappa shape index (κ1) is 15.3. The summed E-state index contributed by atoms with van der Waals surface area (Å²) in [6.07, 6.45) is 0.521. The van der Waals surface area contributed by atoms with Crippen molar-refractivity contribution in [3.63, 3.8) is 0 Å². The summed E-state index contributed by atoms with van der Waals surface area (Å²) in [4.78, 5) is 12.2. The van der Waals surface area contributed by atoms with Gasteiger partial charge in [-0.15, -0.1) is 0 Å². The van der Waals surface area contributed by atoms with Crippen molar-refractivity contribution >= 4 is 11.6 Å². The monoisotopic (exact) mass is 266 g/mol. The number of rotatable bonds is 6. The molecule has 106 valence electrons. The smallest absolute Gasteiger partial charge is 0.253 e. The Morgan fingerprint density at radius 1 is 1.47 bits per heavy atom. The summed E-state index contributed by atoms with van der Waals surface area (Å²) < 4.78 is 5.08. The molecule has 1 amide bonds. The third-order valence-electron chi connectivity index (χ3n) is 3.07. The van der Waals surface area contributed by atoms with Crippen molar-refractivity contribution in [2.24, 2.45) is 5.92 Å². The van der Waals surface area contributed by atoms with Gasteiger partial charge in [-0.3, -0.25) is 4.79 Å². The summed E-state index contributed by atoms with van der Waals surface area (Å²) in [5.41, 5.74) is 6.60. The van der Waals surface area contributed by atoms with Gasteiger partial charge in [-0.1, -0.05) is 13.8 Å². The lowest BCUT2D eigenvalue weighted by molar-refractivity contribution is 0.0917. The molecule has 0 bridgehead atoms. The Morgan fingerprint density at radius 3 is 2.68 bits per heavy atom. The van der Waals surface area contributed by atoms with E-state index in [4.69, 9.17) is 15.6 Å². The first-order chi connectivity index (χ1) is 8.99. The highest BCUT2D eigenvalue weighted by Gasteiger charge is 2.18. The second-order valence-corrected chi connectivity index (χ2v) is 4.79. The second-order valence-electron chi connectivity index (χ2n) is 4.79. The standard InChI is InChI=1S/C14H22N2O3/c1-9(2)13(6-7-17)16-14(18)11-8-10(19-3)4-5-12(11)15/h4-5,8-9,13,17H,6-7,15H2,1-3H3,(H,16,18). The Hall–Kier alpha value is -1.75. The van der Waals surface area contributed by atoms with Gasteiger partial charge < -0.3 is 20.9 Å². The van der Waals surface area contributed by atoms with Crippen LogP contribution in [0.25, 0.3) is 0 Å². The normalized spacial score (nSPS) is 12.3. The van der Waals surface area contributed by atoms with Crippen LogP contribution < -0.4 is 15.8 Å². The van der Waals surface area contributed by atoms with Crippen LogP contribution in [0.3, 0.4) is 0 Å². The topological polar surface area (TPSA) is 84.6 Å². The average Bonchev–Trinajstić information content (AvgIpc) is 2.38. The number of nitrogens with two attached hydrogens (primary N) is 1. The number of nitrogens with one attached hydrogen (secondary N) is 1. The maximum atomic E-state index is 12.2. The van der Waals surface area contributed by atoms with Crippen LogP contribution in [0.15, 0.2) is 18.2 Å². The van der Waals surface area contributed by atoms with Crippen LogP contribution in [0.5, 0.6) is 5.75 Å². The van der Waals surface area contributed by atoms with Gasteiger partial charge in [0.25, 0.3) is 5.91 Å². The fraction of sp³-hybridized carbons (Fsp3) is 0.500.